The molecule has 312 valence electrons. The van der Waals surface area contributed by atoms with Crippen LogP contribution in [-0.2, 0) is 38.0 Å². The van der Waals surface area contributed by atoms with E-state index in [0.717, 1.165) is 44.1 Å². The third-order valence-electron chi connectivity index (χ3n) is 16.0. The van der Waals surface area contributed by atoms with Gasteiger partial charge in [-0.3, -0.25) is 0 Å². The number of esters is 1. The Balaban J connectivity index is 0.837. The molecule has 55 heavy (non-hydrogen) atoms. The van der Waals surface area contributed by atoms with Crippen molar-refractivity contribution in [3.63, 3.8) is 0 Å². The first-order valence-electron chi connectivity index (χ1n) is 20.9. The van der Waals surface area contributed by atoms with Crippen molar-refractivity contribution >= 4 is 5.97 Å². The maximum Gasteiger partial charge on any atom is 0.331 e. The van der Waals surface area contributed by atoms with Crippen molar-refractivity contribution in [3.8, 4) is 0 Å². The van der Waals surface area contributed by atoms with Gasteiger partial charge in [-0.2, -0.15) is 0 Å². The van der Waals surface area contributed by atoms with E-state index in [1.54, 1.807) is 19.9 Å². The van der Waals surface area contributed by atoms with E-state index in [9.17, 15) is 35.4 Å². The molecule has 0 aromatic rings. The summed E-state index contributed by atoms with van der Waals surface area (Å²) >= 11 is 0. The van der Waals surface area contributed by atoms with E-state index in [-0.39, 0.29) is 61.1 Å². The van der Waals surface area contributed by atoms with Crippen molar-refractivity contribution in [2.45, 2.75) is 197 Å². The summed E-state index contributed by atoms with van der Waals surface area (Å²) in [5.41, 5.74) is -0.892. The van der Waals surface area contributed by atoms with Crippen LogP contribution < -0.4 is 0 Å². The first kappa shape index (κ1) is 40.5. The molecule has 6 N–H and O–H groups in total. The molecule has 0 bridgehead atoms. The van der Waals surface area contributed by atoms with Gasteiger partial charge in [-0.1, -0.05) is 13.8 Å². The third-order valence-corrected chi connectivity index (χ3v) is 16.0. The SMILES string of the molecule is C[C@H]1O[C@@H](O[C@H]2[C@@H](O)C[C@@H](O[C@H]3[C@@H](O)C[C@H](O[C@H]4CC[C@@]5(C)[C@H](CC[C@@H]6[C@@H]5C[C@@H](O)[C@]5(C)[C@@H](C7=CC(=O)OC7)CC[C@]65O)C4)O[C@@H]3C)O[C@@H]2C)C[C@H](O)[C@@H]1O. The Morgan fingerprint density at radius 3 is 1.87 bits per heavy atom. The summed E-state index contributed by atoms with van der Waals surface area (Å²) in [4.78, 5) is 11.9. The lowest BCUT2D eigenvalue weighted by Gasteiger charge is -2.65. The minimum Gasteiger partial charge on any atom is -0.458 e. The van der Waals surface area contributed by atoms with Crippen LogP contribution >= 0.6 is 0 Å². The van der Waals surface area contributed by atoms with E-state index in [1.807, 2.05) is 13.8 Å². The van der Waals surface area contributed by atoms with Crippen molar-refractivity contribution in [3.05, 3.63) is 11.6 Å². The van der Waals surface area contributed by atoms with Crippen LogP contribution in [-0.4, -0.2) is 135 Å². The summed E-state index contributed by atoms with van der Waals surface area (Å²) < 4.78 is 42.1. The lowest BCUT2D eigenvalue weighted by atomic mass is 9.42. The molecule has 0 radical (unpaired) electrons. The monoisotopic (exact) mass is 780 g/mol. The van der Waals surface area contributed by atoms with E-state index in [4.69, 9.17) is 33.2 Å². The maximum absolute atomic E-state index is 12.6. The Bertz CT molecular complexity index is 1410. The molecule has 8 rings (SSSR count). The van der Waals surface area contributed by atoms with Gasteiger partial charge in [-0.05, 0) is 107 Å². The van der Waals surface area contributed by atoms with E-state index >= 15 is 0 Å². The molecule has 14 heteroatoms. The Hall–Kier alpha value is -1.27. The smallest absolute Gasteiger partial charge is 0.331 e. The molecule has 0 amide bonds. The first-order valence-corrected chi connectivity index (χ1v) is 20.9. The van der Waals surface area contributed by atoms with Crippen molar-refractivity contribution in [2.24, 2.45) is 34.5 Å². The molecular weight excluding hydrogens is 716 g/mol. The van der Waals surface area contributed by atoms with Crippen molar-refractivity contribution in [1.29, 1.82) is 0 Å². The van der Waals surface area contributed by atoms with Gasteiger partial charge in [0, 0.05) is 30.8 Å². The number of rotatable bonds is 7. The zero-order valence-corrected chi connectivity index (χ0v) is 32.9. The number of aliphatic hydroxyl groups excluding tert-OH is 5. The van der Waals surface area contributed by atoms with Crippen LogP contribution in [0.15, 0.2) is 11.6 Å². The lowest BCUT2D eigenvalue weighted by Crippen LogP contribution is -2.67. The first-order chi connectivity index (χ1) is 26.0. The number of fused-ring (bicyclic) bond motifs is 5. The quantitative estimate of drug-likeness (QED) is 0.162. The molecule has 8 aliphatic rings. The molecular formula is C41H64O14. The fourth-order valence-corrected chi connectivity index (χ4v) is 12.8. The normalized spacial score (nSPS) is 55.5. The van der Waals surface area contributed by atoms with Crippen molar-refractivity contribution < 1.29 is 68.6 Å². The van der Waals surface area contributed by atoms with Crippen LogP contribution in [0, 0.1) is 34.5 Å². The standard InChI is InChI=1S/C41H64O14/c1-19-36(47)28(42)15-34(50-19)54-38-21(3)52-35(17-30(38)44)55-37-20(2)51-33(16-29(37)43)53-24-8-10-39(4)23(13-24)6-7-26-27(39)14-31(45)40(5)25(9-11-41(26,40)48)22-12-32(46)49-18-22/h12,19-21,23-31,33-38,42-45,47-48H,6-11,13-18H2,1-5H3/t19-,20-,21-,23-,24+,25-,26-,27+,28+,29+,30+,31-,33+,34+,35-,36-,37-,38-,39+,40+,41+/m1/s1. The van der Waals surface area contributed by atoms with E-state index in [1.165, 1.54) is 0 Å². The van der Waals surface area contributed by atoms with Gasteiger partial charge in [0.15, 0.2) is 18.9 Å². The van der Waals surface area contributed by atoms with Gasteiger partial charge in [0.05, 0.1) is 54.4 Å². The third kappa shape index (κ3) is 6.95. The summed E-state index contributed by atoms with van der Waals surface area (Å²) in [5, 5.41) is 66.9. The molecule has 3 saturated heterocycles. The van der Waals surface area contributed by atoms with E-state index in [0.29, 0.717) is 18.8 Å². The summed E-state index contributed by atoms with van der Waals surface area (Å²) in [6, 6.07) is 0. The number of cyclic esters (lactones) is 1. The number of hydrogen-bond acceptors (Lipinski definition) is 14. The number of aliphatic hydroxyl groups is 6. The highest BCUT2D eigenvalue weighted by molar-refractivity contribution is 5.85. The average Bonchev–Trinajstić information content (AvgIpc) is 3.67. The second-order valence-electron chi connectivity index (χ2n) is 18.8. The Morgan fingerprint density at radius 1 is 0.691 bits per heavy atom. The number of ether oxygens (including phenoxy) is 7. The van der Waals surface area contributed by atoms with Crippen LogP contribution in [0.5, 0.6) is 0 Å². The fraction of sp³-hybridized carbons (Fsp3) is 0.927. The predicted octanol–water partition coefficient (Wildman–Crippen LogP) is 2.22. The highest BCUT2D eigenvalue weighted by Crippen LogP contribution is 2.70. The molecule has 21 atom stereocenters. The maximum atomic E-state index is 12.6. The van der Waals surface area contributed by atoms with Gasteiger partial charge < -0.3 is 63.8 Å². The lowest BCUT2D eigenvalue weighted by molar-refractivity contribution is -0.336. The number of carbonyl (C=O) groups is 1. The zero-order valence-electron chi connectivity index (χ0n) is 32.9. The average molecular weight is 781 g/mol. The van der Waals surface area contributed by atoms with Crippen LogP contribution in [0.25, 0.3) is 0 Å². The van der Waals surface area contributed by atoms with Gasteiger partial charge in [0.25, 0.3) is 0 Å². The molecule has 0 aromatic heterocycles. The topological polar surface area (TPSA) is 203 Å². The molecule has 4 saturated carbocycles. The van der Waals surface area contributed by atoms with Crippen LogP contribution in [0.3, 0.4) is 0 Å². The molecule has 4 heterocycles. The second kappa shape index (κ2) is 15.1. The van der Waals surface area contributed by atoms with Gasteiger partial charge in [0.2, 0.25) is 0 Å². The van der Waals surface area contributed by atoms with Crippen LogP contribution in [0.2, 0.25) is 0 Å². The summed E-state index contributed by atoms with van der Waals surface area (Å²) in [5.74, 6) is 0.204. The predicted molar refractivity (Wildman–Crippen MR) is 193 cm³/mol. The Morgan fingerprint density at radius 2 is 1.29 bits per heavy atom. The van der Waals surface area contributed by atoms with Crippen molar-refractivity contribution in [2.75, 3.05) is 6.61 Å². The molecule has 0 unspecified atom stereocenters. The molecule has 0 spiro atoms. The Labute approximate surface area is 323 Å². The number of carbonyl (C=O) groups excluding carboxylic acids is 1. The molecule has 7 fully saturated rings. The van der Waals surface area contributed by atoms with Crippen molar-refractivity contribution in [1.82, 2.24) is 0 Å². The molecule has 14 nitrogen and oxygen atoms in total. The van der Waals surface area contributed by atoms with Gasteiger partial charge >= 0.3 is 5.97 Å². The van der Waals surface area contributed by atoms with Gasteiger partial charge in [-0.15, -0.1) is 0 Å². The largest absolute Gasteiger partial charge is 0.458 e. The van der Waals surface area contributed by atoms with Gasteiger partial charge in [0.1, 0.15) is 24.9 Å². The highest BCUT2D eigenvalue weighted by Gasteiger charge is 2.71. The molecule has 0 aromatic carbocycles. The zero-order chi connectivity index (χ0) is 39.2. The number of hydrogen-bond donors (Lipinski definition) is 6. The van der Waals surface area contributed by atoms with E-state index < -0.39 is 90.9 Å². The second-order valence-corrected chi connectivity index (χ2v) is 18.8. The fourth-order valence-electron chi connectivity index (χ4n) is 12.8. The molecule has 4 aliphatic heterocycles. The minimum absolute atomic E-state index is 0.0452. The van der Waals surface area contributed by atoms with Gasteiger partial charge in [-0.25, -0.2) is 4.79 Å². The van der Waals surface area contributed by atoms with E-state index in [2.05, 4.69) is 6.92 Å². The Kier molecular flexibility index (Phi) is 11.1. The highest BCUT2D eigenvalue weighted by atomic mass is 16.7. The molecule has 4 aliphatic carbocycles. The van der Waals surface area contributed by atoms with Crippen LogP contribution in [0.4, 0.5) is 0 Å². The summed E-state index contributed by atoms with van der Waals surface area (Å²) in [6.07, 6.45) is -1.51. The minimum atomic E-state index is -1.01. The van der Waals surface area contributed by atoms with Crippen LogP contribution in [0.1, 0.15) is 105 Å². The summed E-state index contributed by atoms with van der Waals surface area (Å²) in [7, 11) is 0. The summed E-state index contributed by atoms with van der Waals surface area (Å²) in [6.45, 7) is 9.90.